The molecule has 2 rings (SSSR count). The summed E-state index contributed by atoms with van der Waals surface area (Å²) in [4.78, 5) is 4.05. The van der Waals surface area contributed by atoms with E-state index in [-0.39, 0.29) is 0 Å². The molecule has 0 spiro atoms. The molecule has 2 heterocycles. The molecule has 18 heavy (non-hydrogen) atoms. The van der Waals surface area contributed by atoms with Crippen LogP contribution < -0.4 is 5.32 Å². The zero-order valence-corrected chi connectivity index (χ0v) is 11.2. The molecular weight excluding hydrogens is 224 g/mol. The van der Waals surface area contributed by atoms with Gasteiger partial charge in [0.05, 0.1) is 6.33 Å². The molecule has 0 bridgehead atoms. The second-order valence-corrected chi connectivity index (χ2v) is 4.61. The lowest BCUT2D eigenvalue weighted by atomic mass is 10.1. The molecule has 0 saturated carbocycles. The van der Waals surface area contributed by atoms with Crippen LogP contribution in [0.4, 0.5) is 0 Å². The third kappa shape index (κ3) is 3.23. The second kappa shape index (κ2) is 6.40. The molecule has 0 aliphatic rings. The SMILES string of the molecule is CCCC(NC)c1ccn(CCn2ccnc2)c1. The lowest BCUT2D eigenvalue weighted by molar-refractivity contribution is 0.536. The van der Waals surface area contributed by atoms with Crippen LogP contribution in [0.5, 0.6) is 0 Å². The van der Waals surface area contributed by atoms with Gasteiger partial charge >= 0.3 is 0 Å². The standard InChI is InChI=1S/C14H22N4/c1-3-4-14(15-2)13-5-7-17(11-13)9-10-18-8-6-16-12-18/h5-8,11-12,14-15H,3-4,9-10H2,1-2H3. The molecule has 1 N–H and O–H groups in total. The average molecular weight is 246 g/mol. The Morgan fingerprint density at radius 1 is 1.28 bits per heavy atom. The van der Waals surface area contributed by atoms with E-state index in [0.29, 0.717) is 6.04 Å². The highest BCUT2D eigenvalue weighted by Crippen LogP contribution is 2.18. The van der Waals surface area contributed by atoms with E-state index >= 15 is 0 Å². The number of nitrogens with zero attached hydrogens (tertiary/aromatic N) is 3. The molecule has 0 radical (unpaired) electrons. The average Bonchev–Trinajstić information content (AvgIpc) is 3.04. The third-order valence-electron chi connectivity index (χ3n) is 3.28. The highest BCUT2D eigenvalue weighted by Gasteiger charge is 2.08. The first kappa shape index (κ1) is 12.9. The topological polar surface area (TPSA) is 34.8 Å². The molecule has 2 aromatic heterocycles. The molecule has 98 valence electrons. The van der Waals surface area contributed by atoms with Crippen molar-refractivity contribution in [3.8, 4) is 0 Å². The number of nitrogens with one attached hydrogen (secondary N) is 1. The molecule has 0 saturated heterocycles. The van der Waals surface area contributed by atoms with Crippen LogP contribution in [0.1, 0.15) is 31.4 Å². The van der Waals surface area contributed by atoms with Crippen LogP contribution in [-0.2, 0) is 13.1 Å². The Hall–Kier alpha value is -1.55. The summed E-state index contributed by atoms with van der Waals surface area (Å²) < 4.78 is 4.34. The van der Waals surface area contributed by atoms with E-state index in [1.165, 1.54) is 18.4 Å². The predicted octanol–water partition coefficient (Wildman–Crippen LogP) is 2.45. The first-order chi connectivity index (χ1) is 8.83. The van der Waals surface area contributed by atoms with Gasteiger partial charge < -0.3 is 14.5 Å². The first-order valence-corrected chi connectivity index (χ1v) is 6.62. The Morgan fingerprint density at radius 2 is 2.11 bits per heavy atom. The summed E-state index contributed by atoms with van der Waals surface area (Å²) in [5.41, 5.74) is 1.38. The molecule has 1 unspecified atom stereocenters. The number of hydrogen-bond donors (Lipinski definition) is 1. The van der Waals surface area contributed by atoms with E-state index in [0.717, 1.165) is 13.1 Å². The van der Waals surface area contributed by atoms with Crippen LogP contribution in [0.15, 0.2) is 37.2 Å². The van der Waals surface area contributed by atoms with Crippen molar-refractivity contribution in [2.24, 2.45) is 0 Å². The van der Waals surface area contributed by atoms with Gasteiger partial charge in [0.1, 0.15) is 0 Å². The van der Waals surface area contributed by atoms with E-state index in [1.54, 1.807) is 0 Å². The summed E-state index contributed by atoms with van der Waals surface area (Å²) in [7, 11) is 2.03. The lowest BCUT2D eigenvalue weighted by Gasteiger charge is -2.13. The van der Waals surface area contributed by atoms with Crippen LogP contribution in [-0.4, -0.2) is 21.2 Å². The van der Waals surface area contributed by atoms with E-state index < -0.39 is 0 Å². The van der Waals surface area contributed by atoms with E-state index in [9.17, 15) is 0 Å². The zero-order chi connectivity index (χ0) is 12.8. The van der Waals surface area contributed by atoms with Crippen molar-refractivity contribution in [2.75, 3.05) is 7.05 Å². The van der Waals surface area contributed by atoms with Crippen molar-refractivity contribution in [3.05, 3.63) is 42.7 Å². The van der Waals surface area contributed by atoms with Gasteiger partial charge in [-0.1, -0.05) is 13.3 Å². The van der Waals surface area contributed by atoms with Gasteiger partial charge in [-0.25, -0.2) is 4.98 Å². The van der Waals surface area contributed by atoms with Gasteiger partial charge in [0, 0.05) is 43.9 Å². The van der Waals surface area contributed by atoms with E-state index in [4.69, 9.17) is 0 Å². The Bertz CT molecular complexity index is 444. The highest BCUT2D eigenvalue weighted by atomic mass is 15.1. The Morgan fingerprint density at radius 3 is 2.78 bits per heavy atom. The number of imidazole rings is 1. The maximum Gasteiger partial charge on any atom is 0.0946 e. The number of aromatic nitrogens is 3. The normalized spacial score (nSPS) is 12.8. The minimum Gasteiger partial charge on any atom is -0.352 e. The highest BCUT2D eigenvalue weighted by molar-refractivity contribution is 5.15. The van der Waals surface area contributed by atoms with Crippen LogP contribution in [0.25, 0.3) is 0 Å². The van der Waals surface area contributed by atoms with E-state index in [1.807, 2.05) is 25.8 Å². The first-order valence-electron chi connectivity index (χ1n) is 6.62. The lowest BCUT2D eigenvalue weighted by Crippen LogP contribution is -2.15. The van der Waals surface area contributed by atoms with Crippen LogP contribution in [0.3, 0.4) is 0 Å². The maximum absolute atomic E-state index is 4.05. The maximum atomic E-state index is 4.05. The van der Waals surface area contributed by atoms with E-state index in [2.05, 4.69) is 44.8 Å². The quantitative estimate of drug-likeness (QED) is 0.814. The van der Waals surface area contributed by atoms with Crippen molar-refractivity contribution in [1.29, 1.82) is 0 Å². The number of aryl methyl sites for hydroxylation is 2. The van der Waals surface area contributed by atoms with Crippen LogP contribution in [0.2, 0.25) is 0 Å². The minimum atomic E-state index is 0.476. The van der Waals surface area contributed by atoms with Gasteiger partial charge in [0.2, 0.25) is 0 Å². The van der Waals surface area contributed by atoms with Crippen molar-refractivity contribution < 1.29 is 0 Å². The molecule has 0 fully saturated rings. The van der Waals surface area contributed by atoms with Crippen molar-refractivity contribution in [2.45, 2.75) is 38.9 Å². The summed E-state index contributed by atoms with van der Waals surface area (Å²) in [5.74, 6) is 0. The summed E-state index contributed by atoms with van der Waals surface area (Å²) in [5, 5.41) is 3.37. The second-order valence-electron chi connectivity index (χ2n) is 4.61. The minimum absolute atomic E-state index is 0.476. The summed E-state index contributed by atoms with van der Waals surface area (Å²) in [6, 6.07) is 2.69. The molecule has 4 nitrogen and oxygen atoms in total. The molecular formula is C14H22N4. The Balaban J connectivity index is 1.92. The van der Waals surface area contributed by atoms with Crippen molar-refractivity contribution >= 4 is 0 Å². The molecule has 4 heteroatoms. The van der Waals surface area contributed by atoms with Gasteiger partial charge in [-0.2, -0.15) is 0 Å². The van der Waals surface area contributed by atoms with Gasteiger partial charge in [-0.3, -0.25) is 0 Å². The van der Waals surface area contributed by atoms with Gasteiger partial charge in [0.25, 0.3) is 0 Å². The fourth-order valence-corrected chi connectivity index (χ4v) is 2.22. The Kier molecular flexibility index (Phi) is 4.59. The van der Waals surface area contributed by atoms with Crippen molar-refractivity contribution in [3.63, 3.8) is 0 Å². The molecule has 1 atom stereocenters. The molecule has 0 aliphatic carbocycles. The largest absolute Gasteiger partial charge is 0.352 e. The van der Waals surface area contributed by atoms with Gasteiger partial charge in [0.15, 0.2) is 0 Å². The Labute approximate surface area is 109 Å². The molecule has 0 aromatic carbocycles. The molecule has 0 aliphatic heterocycles. The monoisotopic (exact) mass is 246 g/mol. The zero-order valence-electron chi connectivity index (χ0n) is 11.2. The summed E-state index contributed by atoms with van der Waals surface area (Å²) in [6.45, 7) is 4.17. The third-order valence-corrected chi connectivity index (χ3v) is 3.28. The van der Waals surface area contributed by atoms with Gasteiger partial charge in [-0.15, -0.1) is 0 Å². The fourth-order valence-electron chi connectivity index (χ4n) is 2.22. The smallest absolute Gasteiger partial charge is 0.0946 e. The summed E-state index contributed by atoms with van der Waals surface area (Å²) >= 11 is 0. The predicted molar refractivity (Wildman–Crippen MR) is 73.4 cm³/mol. The van der Waals surface area contributed by atoms with Crippen LogP contribution >= 0.6 is 0 Å². The molecule has 2 aromatic rings. The number of rotatable bonds is 7. The summed E-state index contributed by atoms with van der Waals surface area (Å²) in [6.07, 6.45) is 12.5. The van der Waals surface area contributed by atoms with Gasteiger partial charge in [-0.05, 0) is 25.1 Å². The van der Waals surface area contributed by atoms with Crippen molar-refractivity contribution in [1.82, 2.24) is 19.4 Å². The van der Waals surface area contributed by atoms with Crippen LogP contribution in [0, 0.1) is 0 Å². The fraction of sp³-hybridized carbons (Fsp3) is 0.500. The molecule has 0 amide bonds. The number of hydrogen-bond acceptors (Lipinski definition) is 2.